The SMILES string of the molecule is OOSC(F)(F)F.[Yb]. The Hall–Kier alpha value is 1.58. The molecular weight excluding hydrogens is 306 g/mol. The van der Waals surface area contributed by atoms with Crippen molar-refractivity contribution in [3.63, 3.8) is 0 Å². The smallest absolute Gasteiger partial charge is 0.239 e. The fraction of sp³-hybridized carbons (Fsp3) is 1.00. The van der Waals surface area contributed by atoms with Gasteiger partial charge in [-0.1, -0.05) is 0 Å². The van der Waals surface area contributed by atoms with Crippen LogP contribution >= 0.6 is 12.0 Å². The maximum absolute atomic E-state index is 10.7. The summed E-state index contributed by atoms with van der Waals surface area (Å²) in [5.41, 5.74) is -4.51. The van der Waals surface area contributed by atoms with Gasteiger partial charge in [0, 0.05) is 46.9 Å². The molecule has 0 radical (unpaired) electrons. The monoisotopic (exact) mass is 308 g/mol. The van der Waals surface area contributed by atoms with Gasteiger partial charge >= 0.3 is 5.51 Å². The van der Waals surface area contributed by atoms with Crippen molar-refractivity contribution in [3.8, 4) is 0 Å². The Morgan fingerprint density at radius 3 is 1.75 bits per heavy atom. The Balaban J connectivity index is 0. The van der Waals surface area contributed by atoms with Gasteiger partial charge in [0.05, 0.1) is 0 Å². The van der Waals surface area contributed by atoms with Gasteiger partial charge in [0.25, 0.3) is 0 Å². The molecule has 0 aromatic rings. The second-order valence-corrected chi connectivity index (χ2v) is 1.38. The molecule has 0 aliphatic rings. The van der Waals surface area contributed by atoms with Crippen molar-refractivity contribution in [3.05, 3.63) is 0 Å². The molecular formula is CHF3O2SYb. The molecule has 0 spiro atoms. The molecule has 0 amide bonds. The molecule has 0 saturated heterocycles. The molecule has 0 aromatic carbocycles. The maximum Gasteiger partial charge on any atom is 0.470 e. The molecule has 0 fully saturated rings. The molecule has 0 bridgehead atoms. The molecule has 8 heavy (non-hydrogen) atoms. The molecule has 0 aliphatic carbocycles. The molecule has 2 nitrogen and oxygen atoms in total. The van der Waals surface area contributed by atoms with Crippen LogP contribution in [-0.2, 0) is 4.33 Å². The molecule has 0 unspecified atom stereocenters. The molecule has 58 valence electrons. The first-order chi connectivity index (χ1) is 3.06. The van der Waals surface area contributed by atoms with Crippen LogP contribution in [0.4, 0.5) is 13.2 Å². The summed E-state index contributed by atoms with van der Waals surface area (Å²) in [4.78, 5) is 0. The van der Waals surface area contributed by atoms with Gasteiger partial charge in [-0.15, -0.1) is 0 Å². The Morgan fingerprint density at radius 2 is 1.75 bits per heavy atom. The van der Waals surface area contributed by atoms with E-state index < -0.39 is 17.6 Å². The standard InChI is InChI=1S/CHF3O2S.Yb/c2-1(3,4)7-6-5;/h5H;. The van der Waals surface area contributed by atoms with E-state index in [1.165, 1.54) is 0 Å². The minimum absolute atomic E-state index is 0. The van der Waals surface area contributed by atoms with Gasteiger partial charge in [0.1, 0.15) is 12.0 Å². The predicted octanol–water partition coefficient (Wildman–Crippen LogP) is 1.64. The largest absolute Gasteiger partial charge is 0.470 e. The van der Waals surface area contributed by atoms with Crippen molar-refractivity contribution < 1.29 is 69.7 Å². The van der Waals surface area contributed by atoms with Crippen LogP contribution in [0.5, 0.6) is 0 Å². The van der Waals surface area contributed by atoms with Crippen molar-refractivity contribution in [1.82, 2.24) is 0 Å². The fourth-order valence-electron chi connectivity index (χ4n) is 0.0423. The van der Waals surface area contributed by atoms with E-state index in [1.54, 1.807) is 0 Å². The Bertz CT molecular complexity index is 55.7. The van der Waals surface area contributed by atoms with Crippen LogP contribution in [0, 0.1) is 46.9 Å². The van der Waals surface area contributed by atoms with Crippen molar-refractivity contribution in [1.29, 1.82) is 0 Å². The fourth-order valence-corrected chi connectivity index (χ4v) is 0.127. The van der Waals surface area contributed by atoms with E-state index in [4.69, 9.17) is 5.26 Å². The summed E-state index contributed by atoms with van der Waals surface area (Å²) in [5.74, 6) is 0. The summed E-state index contributed by atoms with van der Waals surface area (Å²) in [5, 5.41) is 7.14. The Kier molecular flexibility index (Phi) is 8.24. The summed E-state index contributed by atoms with van der Waals surface area (Å²) in [6.45, 7) is 0. The average Bonchev–Trinajstić information content (AvgIpc) is 1.30. The van der Waals surface area contributed by atoms with Crippen LogP contribution in [0.25, 0.3) is 0 Å². The number of hydrogen-bond acceptors (Lipinski definition) is 3. The van der Waals surface area contributed by atoms with Crippen LogP contribution in [0.2, 0.25) is 0 Å². The average molecular weight is 307 g/mol. The normalized spacial score (nSPS) is 10.5. The van der Waals surface area contributed by atoms with E-state index >= 15 is 0 Å². The molecule has 1 N–H and O–H groups in total. The Labute approximate surface area is 86.1 Å². The quantitative estimate of drug-likeness (QED) is 0.454. The van der Waals surface area contributed by atoms with Gasteiger partial charge in [-0.25, -0.2) is 5.26 Å². The van der Waals surface area contributed by atoms with Crippen molar-refractivity contribution >= 4 is 12.0 Å². The summed E-state index contributed by atoms with van der Waals surface area (Å²) < 4.78 is 34.9. The van der Waals surface area contributed by atoms with Crippen LogP contribution < -0.4 is 0 Å². The van der Waals surface area contributed by atoms with E-state index in [9.17, 15) is 13.2 Å². The maximum atomic E-state index is 10.7. The van der Waals surface area contributed by atoms with Crippen molar-refractivity contribution in [2.45, 2.75) is 5.51 Å². The predicted molar refractivity (Wildman–Crippen MR) is 17.4 cm³/mol. The molecule has 0 rings (SSSR count). The van der Waals surface area contributed by atoms with E-state index in [1.807, 2.05) is 0 Å². The van der Waals surface area contributed by atoms with Crippen molar-refractivity contribution in [2.75, 3.05) is 0 Å². The van der Waals surface area contributed by atoms with Crippen molar-refractivity contribution in [2.24, 2.45) is 0 Å². The molecule has 0 heterocycles. The minimum atomic E-state index is -4.51. The number of hydrogen-bond donors (Lipinski definition) is 1. The number of alkyl halides is 3. The summed E-state index contributed by atoms with van der Waals surface area (Å²) in [6.07, 6.45) is 0. The zero-order chi connectivity index (χ0) is 5.91. The molecule has 0 atom stereocenters. The van der Waals surface area contributed by atoms with Crippen LogP contribution in [-0.4, -0.2) is 10.8 Å². The second kappa shape index (κ2) is 5.37. The van der Waals surface area contributed by atoms with Gasteiger partial charge in [-0.3, -0.25) is 0 Å². The molecule has 0 aliphatic heterocycles. The first-order valence-corrected chi connectivity index (χ1v) is 1.86. The van der Waals surface area contributed by atoms with Crippen LogP contribution in [0.15, 0.2) is 0 Å². The van der Waals surface area contributed by atoms with Crippen LogP contribution in [0.3, 0.4) is 0 Å². The minimum Gasteiger partial charge on any atom is -0.239 e. The third-order valence-electron chi connectivity index (χ3n) is 0.132. The topological polar surface area (TPSA) is 29.5 Å². The first kappa shape index (κ1) is 12.3. The second-order valence-electron chi connectivity index (χ2n) is 0.604. The third kappa shape index (κ3) is 10.5. The van der Waals surface area contributed by atoms with Gasteiger partial charge in [-0.05, 0) is 0 Å². The molecule has 7 heteroatoms. The van der Waals surface area contributed by atoms with E-state index in [0.717, 1.165) is 0 Å². The van der Waals surface area contributed by atoms with E-state index in [-0.39, 0.29) is 46.9 Å². The van der Waals surface area contributed by atoms with Gasteiger partial charge in [-0.2, -0.15) is 17.5 Å². The summed E-state index contributed by atoms with van der Waals surface area (Å²) >= 11 is -0.956. The first-order valence-electron chi connectivity index (χ1n) is 1.12. The van der Waals surface area contributed by atoms with E-state index in [2.05, 4.69) is 4.33 Å². The number of halogens is 3. The molecule has 0 saturated carbocycles. The van der Waals surface area contributed by atoms with Crippen LogP contribution in [0.1, 0.15) is 0 Å². The summed E-state index contributed by atoms with van der Waals surface area (Å²) in [6, 6.07) is 0. The zero-order valence-electron chi connectivity index (χ0n) is 3.16. The van der Waals surface area contributed by atoms with E-state index in [0.29, 0.717) is 0 Å². The van der Waals surface area contributed by atoms with Gasteiger partial charge in [0.15, 0.2) is 0 Å². The third-order valence-corrected chi connectivity index (χ3v) is 0.395. The Morgan fingerprint density at radius 1 is 1.38 bits per heavy atom. The molecule has 0 aromatic heterocycles. The van der Waals surface area contributed by atoms with Gasteiger partial charge in [0.2, 0.25) is 0 Å². The number of rotatable bonds is 1. The zero-order valence-corrected chi connectivity index (χ0v) is 5.70. The van der Waals surface area contributed by atoms with Gasteiger partial charge < -0.3 is 0 Å². The summed E-state index contributed by atoms with van der Waals surface area (Å²) in [7, 11) is 0.